The number of esters is 2. The smallest absolute Gasteiger partial charge is 0.350 e. The molecule has 3 aromatic rings. The van der Waals surface area contributed by atoms with Gasteiger partial charge in [0.15, 0.2) is 0 Å². The summed E-state index contributed by atoms with van der Waals surface area (Å²) in [6.07, 6.45) is 1.97. The Hall–Kier alpha value is -3.50. The van der Waals surface area contributed by atoms with E-state index in [4.69, 9.17) is 18.9 Å². The third kappa shape index (κ3) is 6.77. The van der Waals surface area contributed by atoms with Crippen molar-refractivity contribution in [2.75, 3.05) is 27.4 Å². The van der Waals surface area contributed by atoms with Gasteiger partial charge in [-0.15, -0.1) is 11.3 Å². The number of pyridine rings is 1. The lowest BCUT2D eigenvalue weighted by Gasteiger charge is -2.19. The molecule has 1 unspecified atom stereocenters. The van der Waals surface area contributed by atoms with Crippen LogP contribution >= 0.6 is 11.3 Å². The summed E-state index contributed by atoms with van der Waals surface area (Å²) in [6.45, 7) is 4.13. The second kappa shape index (κ2) is 12.8. The van der Waals surface area contributed by atoms with E-state index >= 15 is 0 Å². The number of carbonyl (C=O) groups is 2. The Morgan fingerprint density at radius 1 is 1.06 bits per heavy atom. The van der Waals surface area contributed by atoms with E-state index in [1.54, 1.807) is 46.4 Å². The van der Waals surface area contributed by atoms with Gasteiger partial charge in [-0.05, 0) is 37.6 Å². The number of rotatable bonds is 12. The van der Waals surface area contributed by atoms with Crippen molar-refractivity contribution < 1.29 is 28.5 Å². The molecule has 35 heavy (non-hydrogen) atoms. The average molecular weight is 500 g/mol. The van der Waals surface area contributed by atoms with Gasteiger partial charge >= 0.3 is 11.9 Å². The van der Waals surface area contributed by atoms with Crippen LogP contribution in [0.2, 0.25) is 0 Å². The SMILES string of the molecule is CCOC(=O)c1sc(-c2ccccn2)nc1CNC(Cc1ccc(OC)cc1OC)C(=O)OCC. The van der Waals surface area contributed by atoms with Crippen molar-refractivity contribution in [1.29, 1.82) is 0 Å². The highest BCUT2D eigenvalue weighted by Gasteiger charge is 2.25. The summed E-state index contributed by atoms with van der Waals surface area (Å²) in [7, 11) is 3.14. The largest absolute Gasteiger partial charge is 0.497 e. The molecule has 186 valence electrons. The summed E-state index contributed by atoms with van der Waals surface area (Å²) in [4.78, 5) is 34.7. The van der Waals surface area contributed by atoms with Crippen LogP contribution in [0, 0.1) is 0 Å². The van der Waals surface area contributed by atoms with Crippen LogP contribution in [0.1, 0.15) is 34.8 Å². The number of ether oxygens (including phenoxy) is 4. The summed E-state index contributed by atoms with van der Waals surface area (Å²) in [5.74, 6) is 0.366. The maximum Gasteiger partial charge on any atom is 0.350 e. The van der Waals surface area contributed by atoms with Gasteiger partial charge in [0.1, 0.15) is 27.4 Å². The molecule has 0 amide bonds. The van der Waals surface area contributed by atoms with E-state index in [2.05, 4.69) is 15.3 Å². The minimum absolute atomic E-state index is 0.152. The molecule has 1 atom stereocenters. The molecule has 0 radical (unpaired) electrons. The highest BCUT2D eigenvalue weighted by Crippen LogP contribution is 2.28. The van der Waals surface area contributed by atoms with Crippen molar-refractivity contribution in [2.45, 2.75) is 32.9 Å². The van der Waals surface area contributed by atoms with Gasteiger partial charge in [-0.1, -0.05) is 12.1 Å². The van der Waals surface area contributed by atoms with Gasteiger partial charge in [-0.2, -0.15) is 0 Å². The molecular formula is C25H29N3O6S. The van der Waals surface area contributed by atoms with E-state index < -0.39 is 18.0 Å². The monoisotopic (exact) mass is 499 g/mol. The van der Waals surface area contributed by atoms with Crippen LogP contribution in [0.4, 0.5) is 0 Å². The summed E-state index contributed by atoms with van der Waals surface area (Å²) < 4.78 is 21.3. The molecule has 0 bridgehead atoms. The maximum atomic E-state index is 12.8. The number of benzene rings is 1. The van der Waals surface area contributed by atoms with Gasteiger partial charge in [0.05, 0.1) is 38.8 Å². The van der Waals surface area contributed by atoms with E-state index in [9.17, 15) is 9.59 Å². The fourth-order valence-electron chi connectivity index (χ4n) is 3.37. The van der Waals surface area contributed by atoms with E-state index in [0.29, 0.717) is 39.2 Å². The van der Waals surface area contributed by atoms with Crippen molar-refractivity contribution in [2.24, 2.45) is 0 Å². The molecule has 0 saturated carbocycles. The zero-order valence-corrected chi connectivity index (χ0v) is 21.0. The fraction of sp³-hybridized carbons (Fsp3) is 0.360. The molecule has 0 saturated heterocycles. The molecule has 0 fully saturated rings. The summed E-state index contributed by atoms with van der Waals surface area (Å²) in [5, 5.41) is 3.80. The fourth-order valence-corrected chi connectivity index (χ4v) is 4.32. The molecule has 3 rings (SSSR count). The molecule has 1 N–H and O–H groups in total. The maximum absolute atomic E-state index is 12.8. The first kappa shape index (κ1) is 26.1. The lowest BCUT2D eigenvalue weighted by molar-refractivity contribution is -0.145. The molecule has 2 heterocycles. The molecular weight excluding hydrogens is 470 g/mol. The zero-order chi connectivity index (χ0) is 25.2. The van der Waals surface area contributed by atoms with Crippen LogP contribution in [0.15, 0.2) is 42.6 Å². The van der Waals surface area contributed by atoms with Gasteiger partial charge in [0.2, 0.25) is 0 Å². The first-order chi connectivity index (χ1) is 17.0. The lowest BCUT2D eigenvalue weighted by atomic mass is 10.0. The van der Waals surface area contributed by atoms with Crippen LogP contribution < -0.4 is 14.8 Å². The molecule has 2 aromatic heterocycles. The third-order valence-corrected chi connectivity index (χ3v) is 6.15. The molecule has 1 aromatic carbocycles. The molecule has 0 aliphatic rings. The summed E-state index contributed by atoms with van der Waals surface area (Å²) in [6, 6.07) is 10.2. The lowest BCUT2D eigenvalue weighted by Crippen LogP contribution is -2.40. The van der Waals surface area contributed by atoms with E-state index in [-0.39, 0.29) is 19.8 Å². The van der Waals surface area contributed by atoms with Crippen molar-refractivity contribution >= 4 is 23.3 Å². The molecule has 9 nitrogen and oxygen atoms in total. The Kier molecular flexibility index (Phi) is 9.56. The standard InChI is InChI=1S/C25H29N3O6S/c1-5-33-24(29)19(13-16-10-11-17(31-3)14-21(16)32-4)27-15-20-22(25(30)34-6-2)35-23(28-20)18-9-7-8-12-26-18/h7-12,14,19,27H,5-6,13,15H2,1-4H3. The number of hydrogen-bond acceptors (Lipinski definition) is 10. The Balaban J connectivity index is 1.87. The molecule has 0 aliphatic carbocycles. The van der Waals surface area contributed by atoms with Gasteiger partial charge in [-0.3, -0.25) is 15.1 Å². The van der Waals surface area contributed by atoms with Gasteiger partial charge in [0.25, 0.3) is 0 Å². The van der Waals surface area contributed by atoms with Gasteiger partial charge in [0, 0.05) is 25.2 Å². The Morgan fingerprint density at radius 3 is 2.51 bits per heavy atom. The first-order valence-electron chi connectivity index (χ1n) is 11.2. The Morgan fingerprint density at radius 2 is 1.86 bits per heavy atom. The molecule has 10 heteroatoms. The minimum atomic E-state index is -0.702. The van der Waals surface area contributed by atoms with Crippen LogP contribution in [-0.4, -0.2) is 55.4 Å². The van der Waals surface area contributed by atoms with Crippen molar-refractivity contribution in [3.8, 4) is 22.2 Å². The molecule has 0 spiro atoms. The molecule has 0 aliphatic heterocycles. The average Bonchev–Trinajstić information content (AvgIpc) is 3.31. The summed E-state index contributed by atoms with van der Waals surface area (Å²) in [5.41, 5.74) is 1.93. The number of aromatic nitrogens is 2. The van der Waals surface area contributed by atoms with Crippen molar-refractivity contribution in [3.05, 3.63) is 58.7 Å². The number of hydrogen-bond donors (Lipinski definition) is 1. The Bertz CT molecular complexity index is 1140. The van der Waals surface area contributed by atoms with Gasteiger partial charge in [-0.25, -0.2) is 9.78 Å². The number of nitrogens with zero attached hydrogens (tertiary/aromatic N) is 2. The highest BCUT2D eigenvalue weighted by atomic mass is 32.1. The van der Waals surface area contributed by atoms with Gasteiger partial charge < -0.3 is 18.9 Å². The first-order valence-corrected chi connectivity index (χ1v) is 12.0. The van der Waals surface area contributed by atoms with E-state index in [0.717, 1.165) is 5.56 Å². The Labute approximate surface area is 208 Å². The van der Waals surface area contributed by atoms with E-state index in [1.165, 1.54) is 11.3 Å². The topological polar surface area (TPSA) is 109 Å². The number of carbonyl (C=O) groups excluding carboxylic acids is 2. The predicted octanol–water partition coefficient (Wildman–Crippen LogP) is 3.66. The van der Waals surface area contributed by atoms with Crippen molar-refractivity contribution in [3.63, 3.8) is 0 Å². The second-order valence-electron chi connectivity index (χ2n) is 7.30. The van der Waals surface area contributed by atoms with Crippen LogP contribution in [0.25, 0.3) is 10.7 Å². The highest BCUT2D eigenvalue weighted by molar-refractivity contribution is 7.17. The quantitative estimate of drug-likeness (QED) is 0.373. The van der Waals surface area contributed by atoms with Crippen LogP contribution in [-0.2, 0) is 27.2 Å². The number of thiazole rings is 1. The third-order valence-electron chi connectivity index (χ3n) is 5.05. The normalized spacial score (nSPS) is 11.5. The van der Waals surface area contributed by atoms with Crippen LogP contribution in [0.3, 0.4) is 0 Å². The van der Waals surface area contributed by atoms with Crippen LogP contribution in [0.5, 0.6) is 11.5 Å². The van der Waals surface area contributed by atoms with Crippen molar-refractivity contribution in [1.82, 2.24) is 15.3 Å². The zero-order valence-electron chi connectivity index (χ0n) is 20.2. The minimum Gasteiger partial charge on any atom is -0.497 e. The summed E-state index contributed by atoms with van der Waals surface area (Å²) >= 11 is 1.21. The second-order valence-corrected chi connectivity index (χ2v) is 8.30. The number of methoxy groups -OCH3 is 2. The number of nitrogens with one attached hydrogen (secondary N) is 1. The predicted molar refractivity (Wildman–Crippen MR) is 132 cm³/mol. The van der Waals surface area contributed by atoms with E-state index in [1.807, 2.05) is 24.3 Å².